The van der Waals surface area contributed by atoms with Crippen molar-refractivity contribution >= 4 is 11.8 Å². The summed E-state index contributed by atoms with van der Waals surface area (Å²) in [6, 6.07) is 10.1. The van der Waals surface area contributed by atoms with Crippen molar-refractivity contribution in [2.75, 3.05) is 32.2 Å². The summed E-state index contributed by atoms with van der Waals surface area (Å²) in [4.78, 5) is 2.32. The van der Waals surface area contributed by atoms with Crippen molar-refractivity contribution in [3.05, 3.63) is 29.8 Å². The summed E-state index contributed by atoms with van der Waals surface area (Å²) >= 11 is 1.87. The third kappa shape index (κ3) is 5.14. The van der Waals surface area contributed by atoms with E-state index in [-0.39, 0.29) is 0 Å². The van der Waals surface area contributed by atoms with Crippen molar-refractivity contribution < 1.29 is 4.74 Å². The van der Waals surface area contributed by atoms with E-state index in [0.29, 0.717) is 24.0 Å². The number of nitriles is 1. The Labute approximate surface area is 120 Å². The zero-order valence-corrected chi connectivity index (χ0v) is 12.7. The van der Waals surface area contributed by atoms with Crippen LogP contribution < -0.4 is 4.74 Å². The zero-order chi connectivity index (χ0) is 14.1. The highest BCUT2D eigenvalue weighted by Crippen LogP contribution is 2.16. The van der Waals surface area contributed by atoms with Gasteiger partial charge in [-0.3, -0.25) is 4.90 Å². The van der Waals surface area contributed by atoms with Crippen LogP contribution >= 0.6 is 11.8 Å². The van der Waals surface area contributed by atoms with Gasteiger partial charge in [0.05, 0.1) is 5.56 Å². The molecular formula is C15H22N2OS. The molecule has 4 heteroatoms. The van der Waals surface area contributed by atoms with Crippen molar-refractivity contribution in [1.82, 2.24) is 4.90 Å². The molecule has 0 bridgehead atoms. The van der Waals surface area contributed by atoms with Gasteiger partial charge in [-0.2, -0.15) is 17.0 Å². The Hall–Kier alpha value is -1.18. The van der Waals surface area contributed by atoms with Gasteiger partial charge in [0.15, 0.2) is 0 Å². The van der Waals surface area contributed by atoms with Gasteiger partial charge in [0.1, 0.15) is 18.4 Å². The number of thioether (sulfide) groups is 1. The SMILES string of the molecule is CCC(CSC)N(C)CCOc1ccccc1C#N. The highest BCUT2D eigenvalue weighted by atomic mass is 32.2. The number of benzene rings is 1. The lowest BCUT2D eigenvalue weighted by Gasteiger charge is -2.26. The molecule has 3 nitrogen and oxygen atoms in total. The average molecular weight is 278 g/mol. The van der Waals surface area contributed by atoms with Crippen LogP contribution in [-0.2, 0) is 0 Å². The molecule has 19 heavy (non-hydrogen) atoms. The Balaban J connectivity index is 2.43. The summed E-state index contributed by atoms with van der Waals surface area (Å²) in [5.41, 5.74) is 0.598. The molecule has 0 aliphatic carbocycles. The standard InChI is InChI=1S/C15H22N2OS/c1-4-14(12-19-3)17(2)9-10-18-15-8-6-5-7-13(15)11-16/h5-8,14H,4,9-10,12H2,1-3H3. The highest BCUT2D eigenvalue weighted by molar-refractivity contribution is 7.98. The average Bonchev–Trinajstić information content (AvgIpc) is 2.45. The van der Waals surface area contributed by atoms with Crippen molar-refractivity contribution in [3.63, 3.8) is 0 Å². The third-order valence-corrected chi connectivity index (χ3v) is 3.88. The number of ether oxygens (including phenoxy) is 1. The minimum atomic E-state index is 0.588. The quantitative estimate of drug-likeness (QED) is 0.732. The molecule has 0 saturated carbocycles. The summed E-state index contributed by atoms with van der Waals surface area (Å²) in [5.74, 6) is 1.82. The first-order valence-electron chi connectivity index (χ1n) is 6.54. The van der Waals surface area contributed by atoms with Crippen LogP contribution in [0.4, 0.5) is 0 Å². The smallest absolute Gasteiger partial charge is 0.137 e. The van der Waals surface area contributed by atoms with Crippen molar-refractivity contribution in [2.45, 2.75) is 19.4 Å². The molecule has 0 fully saturated rings. The molecule has 1 aromatic rings. The molecule has 1 unspecified atom stereocenters. The first-order chi connectivity index (χ1) is 9.22. The maximum atomic E-state index is 8.98. The third-order valence-electron chi connectivity index (χ3n) is 3.16. The monoisotopic (exact) mass is 278 g/mol. The molecule has 1 rings (SSSR count). The van der Waals surface area contributed by atoms with E-state index in [1.54, 1.807) is 6.07 Å². The molecular weight excluding hydrogens is 256 g/mol. The maximum Gasteiger partial charge on any atom is 0.137 e. The number of nitrogens with zero attached hydrogens (tertiary/aromatic N) is 2. The molecule has 0 radical (unpaired) electrons. The lowest BCUT2D eigenvalue weighted by Crippen LogP contribution is -2.36. The van der Waals surface area contributed by atoms with Gasteiger partial charge < -0.3 is 4.74 Å². The first-order valence-corrected chi connectivity index (χ1v) is 7.93. The first kappa shape index (κ1) is 15.9. The summed E-state index contributed by atoms with van der Waals surface area (Å²) in [5, 5.41) is 8.98. The summed E-state index contributed by atoms with van der Waals surface area (Å²) in [6.07, 6.45) is 3.28. The predicted octanol–water partition coefficient (Wildman–Crippen LogP) is 3.01. The largest absolute Gasteiger partial charge is 0.491 e. The Morgan fingerprint density at radius 1 is 1.42 bits per heavy atom. The second-order valence-corrected chi connectivity index (χ2v) is 5.37. The Bertz CT molecular complexity index is 417. The van der Waals surface area contributed by atoms with Crippen molar-refractivity contribution in [1.29, 1.82) is 5.26 Å². The Morgan fingerprint density at radius 2 is 2.16 bits per heavy atom. The molecule has 1 atom stereocenters. The van der Waals surface area contributed by atoms with Crippen molar-refractivity contribution in [3.8, 4) is 11.8 Å². The number of likely N-dealkylation sites (N-methyl/N-ethyl adjacent to an activating group) is 1. The van der Waals surface area contributed by atoms with E-state index in [2.05, 4.69) is 31.2 Å². The number of para-hydroxylation sites is 1. The minimum Gasteiger partial charge on any atom is -0.491 e. The number of rotatable bonds is 8. The predicted molar refractivity (Wildman–Crippen MR) is 81.7 cm³/mol. The van der Waals surface area contributed by atoms with Gasteiger partial charge in [0, 0.05) is 18.3 Å². The highest BCUT2D eigenvalue weighted by Gasteiger charge is 2.12. The van der Waals surface area contributed by atoms with Gasteiger partial charge in [-0.05, 0) is 31.9 Å². The van der Waals surface area contributed by atoms with Gasteiger partial charge in [-0.1, -0.05) is 19.1 Å². The van der Waals surface area contributed by atoms with Gasteiger partial charge in [0.2, 0.25) is 0 Å². The van der Waals surface area contributed by atoms with E-state index in [4.69, 9.17) is 10.00 Å². The van der Waals surface area contributed by atoms with Gasteiger partial charge in [-0.25, -0.2) is 0 Å². The second-order valence-electron chi connectivity index (χ2n) is 4.45. The lowest BCUT2D eigenvalue weighted by atomic mass is 10.2. The molecule has 0 N–H and O–H groups in total. The van der Waals surface area contributed by atoms with Crippen LogP contribution in [0, 0.1) is 11.3 Å². The number of hydrogen-bond acceptors (Lipinski definition) is 4. The van der Waals surface area contributed by atoms with Gasteiger partial charge in [-0.15, -0.1) is 0 Å². The second kappa shape index (κ2) is 8.84. The summed E-state index contributed by atoms with van der Waals surface area (Å²) in [6.45, 7) is 3.70. The zero-order valence-electron chi connectivity index (χ0n) is 11.9. The van der Waals surface area contributed by atoms with E-state index >= 15 is 0 Å². The van der Waals surface area contributed by atoms with Crippen LogP contribution in [0.1, 0.15) is 18.9 Å². The van der Waals surface area contributed by atoms with E-state index < -0.39 is 0 Å². The fourth-order valence-corrected chi connectivity index (χ4v) is 2.79. The fraction of sp³-hybridized carbons (Fsp3) is 0.533. The van der Waals surface area contributed by atoms with Crippen LogP contribution in [0.2, 0.25) is 0 Å². The topological polar surface area (TPSA) is 36.3 Å². The summed E-state index contributed by atoms with van der Waals surface area (Å²) < 4.78 is 5.70. The molecule has 1 aromatic carbocycles. The van der Waals surface area contributed by atoms with Gasteiger partial charge in [0.25, 0.3) is 0 Å². The molecule has 0 aromatic heterocycles. The van der Waals surface area contributed by atoms with E-state index in [0.717, 1.165) is 18.7 Å². The fourth-order valence-electron chi connectivity index (χ4n) is 1.92. The molecule has 0 saturated heterocycles. The molecule has 0 heterocycles. The minimum absolute atomic E-state index is 0.588. The van der Waals surface area contributed by atoms with Crippen LogP contribution in [0.5, 0.6) is 5.75 Å². The van der Waals surface area contributed by atoms with Crippen LogP contribution in [0.3, 0.4) is 0 Å². The van der Waals surface area contributed by atoms with Crippen molar-refractivity contribution in [2.24, 2.45) is 0 Å². The lowest BCUT2D eigenvalue weighted by molar-refractivity contribution is 0.199. The molecule has 0 aliphatic heterocycles. The molecule has 104 valence electrons. The van der Waals surface area contributed by atoms with E-state index in [1.807, 2.05) is 30.0 Å². The Kier molecular flexibility index (Phi) is 7.39. The normalized spacial score (nSPS) is 12.2. The maximum absolute atomic E-state index is 8.98. The van der Waals surface area contributed by atoms with Gasteiger partial charge >= 0.3 is 0 Å². The summed E-state index contributed by atoms with van der Waals surface area (Å²) in [7, 11) is 2.13. The molecule has 0 spiro atoms. The number of hydrogen-bond donors (Lipinski definition) is 0. The van der Waals surface area contributed by atoms with E-state index in [9.17, 15) is 0 Å². The van der Waals surface area contributed by atoms with Crippen LogP contribution in [-0.4, -0.2) is 43.1 Å². The molecule has 0 amide bonds. The van der Waals surface area contributed by atoms with E-state index in [1.165, 1.54) is 0 Å². The van der Waals surface area contributed by atoms with Crippen LogP contribution in [0.25, 0.3) is 0 Å². The Morgan fingerprint density at radius 3 is 2.79 bits per heavy atom. The van der Waals surface area contributed by atoms with Crippen LogP contribution in [0.15, 0.2) is 24.3 Å². The molecule has 0 aliphatic rings.